The van der Waals surface area contributed by atoms with Crippen molar-refractivity contribution in [3.05, 3.63) is 0 Å². The van der Waals surface area contributed by atoms with Gasteiger partial charge < -0.3 is 10.2 Å². The van der Waals surface area contributed by atoms with Crippen LogP contribution in [0.1, 0.15) is 33.6 Å². The summed E-state index contributed by atoms with van der Waals surface area (Å²) in [5, 5.41) is 3.54. The van der Waals surface area contributed by atoms with E-state index in [0.29, 0.717) is 6.04 Å². The number of hydrogen-bond acceptors (Lipinski definition) is 3. The summed E-state index contributed by atoms with van der Waals surface area (Å²) in [7, 11) is 2.24. The first kappa shape index (κ1) is 14.9. The Morgan fingerprint density at radius 3 is 2.59 bits per heavy atom. The van der Waals surface area contributed by atoms with Gasteiger partial charge in [-0.05, 0) is 58.9 Å². The summed E-state index contributed by atoms with van der Waals surface area (Å²) in [5.41, 5.74) is 0. The van der Waals surface area contributed by atoms with Crippen molar-refractivity contribution in [1.82, 2.24) is 15.1 Å². The summed E-state index contributed by atoms with van der Waals surface area (Å²) < 4.78 is 0. The lowest BCUT2D eigenvalue weighted by molar-refractivity contribution is 0.165. The van der Waals surface area contributed by atoms with Crippen molar-refractivity contribution in [2.24, 2.45) is 5.92 Å². The van der Waals surface area contributed by atoms with Crippen molar-refractivity contribution in [3.8, 4) is 0 Å². The zero-order valence-corrected chi connectivity index (χ0v) is 12.2. The smallest absolute Gasteiger partial charge is 0.0112 e. The molecule has 2 unspecified atom stereocenters. The molecule has 3 nitrogen and oxygen atoms in total. The van der Waals surface area contributed by atoms with Gasteiger partial charge in [-0.1, -0.05) is 13.8 Å². The van der Waals surface area contributed by atoms with E-state index in [1.807, 2.05) is 0 Å². The first-order chi connectivity index (χ1) is 8.15. The van der Waals surface area contributed by atoms with Gasteiger partial charge in [-0.25, -0.2) is 0 Å². The molecule has 17 heavy (non-hydrogen) atoms. The number of rotatable bonds is 6. The zero-order chi connectivity index (χ0) is 12.7. The highest BCUT2D eigenvalue weighted by molar-refractivity contribution is 4.77. The minimum Gasteiger partial charge on any atom is -0.316 e. The Morgan fingerprint density at radius 2 is 1.88 bits per heavy atom. The molecule has 1 aliphatic heterocycles. The Kier molecular flexibility index (Phi) is 7.09. The van der Waals surface area contributed by atoms with Crippen LogP contribution in [-0.4, -0.2) is 62.2 Å². The van der Waals surface area contributed by atoms with Crippen molar-refractivity contribution in [2.75, 3.05) is 46.3 Å². The molecule has 102 valence electrons. The fourth-order valence-electron chi connectivity index (χ4n) is 2.51. The fourth-order valence-corrected chi connectivity index (χ4v) is 2.51. The van der Waals surface area contributed by atoms with Crippen LogP contribution in [0.15, 0.2) is 0 Å². The summed E-state index contributed by atoms with van der Waals surface area (Å²) in [6.07, 6.45) is 2.55. The maximum Gasteiger partial charge on any atom is 0.0112 e. The molecule has 1 heterocycles. The molecule has 1 rings (SSSR count). The van der Waals surface area contributed by atoms with E-state index in [1.165, 1.54) is 39.0 Å². The fraction of sp³-hybridized carbons (Fsp3) is 1.00. The van der Waals surface area contributed by atoms with Crippen molar-refractivity contribution in [1.29, 1.82) is 0 Å². The Hall–Kier alpha value is -0.120. The van der Waals surface area contributed by atoms with E-state index in [-0.39, 0.29) is 0 Å². The summed E-state index contributed by atoms with van der Waals surface area (Å²) in [6, 6.07) is 0.700. The second-order valence-corrected chi connectivity index (χ2v) is 5.61. The molecule has 1 fully saturated rings. The summed E-state index contributed by atoms with van der Waals surface area (Å²) in [6.45, 7) is 14.3. The Morgan fingerprint density at radius 1 is 1.12 bits per heavy atom. The van der Waals surface area contributed by atoms with E-state index in [9.17, 15) is 0 Å². The molecule has 0 aromatic carbocycles. The quantitative estimate of drug-likeness (QED) is 0.713. The highest BCUT2D eigenvalue weighted by Gasteiger charge is 2.21. The average molecular weight is 241 g/mol. The second-order valence-electron chi connectivity index (χ2n) is 5.61. The van der Waals surface area contributed by atoms with E-state index in [1.54, 1.807) is 0 Å². The van der Waals surface area contributed by atoms with Crippen molar-refractivity contribution >= 4 is 0 Å². The van der Waals surface area contributed by atoms with Gasteiger partial charge in [0.2, 0.25) is 0 Å². The molecule has 0 aliphatic carbocycles. The van der Waals surface area contributed by atoms with Crippen LogP contribution >= 0.6 is 0 Å². The van der Waals surface area contributed by atoms with Crippen molar-refractivity contribution in [2.45, 2.75) is 39.7 Å². The number of nitrogens with zero attached hydrogens (tertiary/aromatic N) is 2. The SMILES string of the molecule is CCCNCC(C)C(C)N1CCCN(C)CC1. The van der Waals surface area contributed by atoms with Crippen LogP contribution in [0.4, 0.5) is 0 Å². The molecule has 0 bridgehead atoms. The molecule has 0 spiro atoms. The van der Waals surface area contributed by atoms with Crippen LogP contribution in [-0.2, 0) is 0 Å². The third-order valence-electron chi connectivity index (χ3n) is 4.05. The molecule has 0 amide bonds. The standard InChI is InChI=1S/C14H31N3/c1-5-7-15-12-13(2)14(3)17-9-6-8-16(4)10-11-17/h13-15H,5-12H2,1-4H3. The maximum absolute atomic E-state index is 3.54. The van der Waals surface area contributed by atoms with Gasteiger partial charge in [-0.3, -0.25) is 4.90 Å². The predicted molar refractivity (Wildman–Crippen MR) is 75.5 cm³/mol. The lowest BCUT2D eigenvalue weighted by Crippen LogP contribution is -2.43. The lowest BCUT2D eigenvalue weighted by atomic mass is 10.0. The Bertz CT molecular complexity index is 196. The first-order valence-electron chi connectivity index (χ1n) is 7.28. The van der Waals surface area contributed by atoms with Gasteiger partial charge in [0.05, 0.1) is 0 Å². The minimum absolute atomic E-state index is 0.700. The van der Waals surface area contributed by atoms with Gasteiger partial charge in [0, 0.05) is 19.1 Å². The lowest BCUT2D eigenvalue weighted by Gasteiger charge is -2.32. The largest absolute Gasteiger partial charge is 0.316 e. The van der Waals surface area contributed by atoms with Crippen LogP contribution in [0.25, 0.3) is 0 Å². The number of nitrogens with one attached hydrogen (secondary N) is 1. The van der Waals surface area contributed by atoms with E-state index in [4.69, 9.17) is 0 Å². The van der Waals surface area contributed by atoms with Gasteiger partial charge in [0.1, 0.15) is 0 Å². The van der Waals surface area contributed by atoms with Crippen LogP contribution in [0.3, 0.4) is 0 Å². The molecular weight excluding hydrogens is 210 g/mol. The topological polar surface area (TPSA) is 18.5 Å². The van der Waals surface area contributed by atoms with E-state index in [2.05, 4.69) is 42.9 Å². The Labute approximate surface area is 108 Å². The van der Waals surface area contributed by atoms with Gasteiger partial charge in [0.15, 0.2) is 0 Å². The molecule has 2 atom stereocenters. The third-order valence-corrected chi connectivity index (χ3v) is 4.05. The average Bonchev–Trinajstić information content (AvgIpc) is 2.53. The summed E-state index contributed by atoms with van der Waals surface area (Å²) >= 11 is 0. The maximum atomic E-state index is 3.54. The third kappa shape index (κ3) is 5.36. The predicted octanol–water partition coefficient (Wildman–Crippen LogP) is 1.65. The summed E-state index contributed by atoms with van der Waals surface area (Å²) in [5.74, 6) is 0.741. The highest BCUT2D eigenvalue weighted by atomic mass is 15.2. The van der Waals surface area contributed by atoms with Gasteiger partial charge in [-0.15, -0.1) is 0 Å². The van der Waals surface area contributed by atoms with Crippen LogP contribution in [0.5, 0.6) is 0 Å². The monoisotopic (exact) mass is 241 g/mol. The van der Waals surface area contributed by atoms with Gasteiger partial charge in [0.25, 0.3) is 0 Å². The van der Waals surface area contributed by atoms with E-state index < -0.39 is 0 Å². The second kappa shape index (κ2) is 8.06. The molecule has 1 N–H and O–H groups in total. The molecule has 0 aromatic rings. The molecule has 0 aromatic heterocycles. The van der Waals surface area contributed by atoms with Gasteiger partial charge >= 0.3 is 0 Å². The molecule has 3 heteroatoms. The van der Waals surface area contributed by atoms with Gasteiger partial charge in [-0.2, -0.15) is 0 Å². The number of hydrogen-bond donors (Lipinski definition) is 1. The van der Waals surface area contributed by atoms with Crippen molar-refractivity contribution < 1.29 is 0 Å². The molecule has 1 saturated heterocycles. The van der Waals surface area contributed by atoms with Crippen molar-refractivity contribution in [3.63, 3.8) is 0 Å². The van der Waals surface area contributed by atoms with Crippen LogP contribution in [0.2, 0.25) is 0 Å². The van der Waals surface area contributed by atoms with E-state index in [0.717, 1.165) is 19.0 Å². The normalized spacial score (nSPS) is 23.3. The first-order valence-corrected chi connectivity index (χ1v) is 7.28. The minimum atomic E-state index is 0.700. The summed E-state index contributed by atoms with van der Waals surface area (Å²) in [4.78, 5) is 5.12. The Balaban J connectivity index is 2.31. The number of likely N-dealkylation sites (N-methyl/N-ethyl adjacent to an activating group) is 1. The van der Waals surface area contributed by atoms with Crippen LogP contribution in [0, 0.1) is 5.92 Å². The highest BCUT2D eigenvalue weighted by Crippen LogP contribution is 2.13. The van der Waals surface area contributed by atoms with E-state index >= 15 is 0 Å². The van der Waals surface area contributed by atoms with Crippen LogP contribution < -0.4 is 5.32 Å². The molecule has 0 radical (unpaired) electrons. The molecule has 0 saturated carbocycles. The molecule has 1 aliphatic rings. The zero-order valence-electron chi connectivity index (χ0n) is 12.2. The molecular formula is C14H31N3.